The Balaban J connectivity index is 2.17. The molecule has 0 saturated heterocycles. The van der Waals surface area contributed by atoms with E-state index in [-0.39, 0.29) is 18.0 Å². The Morgan fingerprint density at radius 2 is 1.62 bits per heavy atom. The van der Waals surface area contributed by atoms with Gasteiger partial charge in [0, 0.05) is 12.1 Å². The van der Waals surface area contributed by atoms with Crippen LogP contribution in [0.25, 0.3) is 0 Å². The molecule has 1 aliphatic carbocycles. The summed E-state index contributed by atoms with van der Waals surface area (Å²) in [7, 11) is 0. The molecule has 2 N–H and O–H groups in total. The van der Waals surface area contributed by atoms with Gasteiger partial charge in [0.15, 0.2) is 0 Å². The third-order valence-electron chi connectivity index (χ3n) is 4.06. The first-order valence-corrected chi connectivity index (χ1v) is 6.60. The number of nitro benzene ring substituents is 1. The number of carboxylic acid groups (broad SMARTS) is 2. The average molecular weight is 293 g/mol. The number of aliphatic carboxylic acids is 2. The van der Waals surface area contributed by atoms with Crippen LogP contribution in [0.15, 0.2) is 24.3 Å². The van der Waals surface area contributed by atoms with Crippen LogP contribution in [0.4, 0.5) is 5.69 Å². The molecule has 0 amide bonds. The van der Waals surface area contributed by atoms with E-state index in [1.165, 1.54) is 12.1 Å². The summed E-state index contributed by atoms with van der Waals surface area (Å²) in [6.45, 7) is 0. The lowest BCUT2D eigenvalue weighted by molar-refractivity contribution is -0.384. The fourth-order valence-electron chi connectivity index (χ4n) is 2.91. The molecule has 1 fully saturated rings. The van der Waals surface area contributed by atoms with E-state index in [9.17, 15) is 24.8 Å². The lowest BCUT2D eigenvalue weighted by Gasteiger charge is -2.31. The maximum absolute atomic E-state index is 11.2. The third-order valence-corrected chi connectivity index (χ3v) is 4.06. The van der Waals surface area contributed by atoms with E-state index in [1.807, 2.05) is 0 Å². The van der Waals surface area contributed by atoms with E-state index < -0.39 is 28.7 Å². The zero-order valence-electron chi connectivity index (χ0n) is 11.1. The van der Waals surface area contributed by atoms with Gasteiger partial charge in [-0.2, -0.15) is 0 Å². The van der Waals surface area contributed by atoms with Crippen LogP contribution in [-0.2, 0) is 9.59 Å². The van der Waals surface area contributed by atoms with Crippen molar-refractivity contribution in [1.29, 1.82) is 0 Å². The number of non-ortho nitro benzene ring substituents is 1. The normalized spacial score (nSPS) is 25.2. The quantitative estimate of drug-likeness (QED) is 0.649. The maximum Gasteiger partial charge on any atom is 0.307 e. The van der Waals surface area contributed by atoms with E-state index in [0.717, 1.165) is 5.56 Å². The van der Waals surface area contributed by atoms with Gasteiger partial charge in [-0.25, -0.2) is 0 Å². The minimum absolute atomic E-state index is 0.0206. The summed E-state index contributed by atoms with van der Waals surface area (Å²) in [4.78, 5) is 32.4. The van der Waals surface area contributed by atoms with Gasteiger partial charge in [0.1, 0.15) is 0 Å². The smallest absolute Gasteiger partial charge is 0.307 e. The van der Waals surface area contributed by atoms with Crippen LogP contribution in [-0.4, -0.2) is 27.1 Å². The topological polar surface area (TPSA) is 118 Å². The summed E-state index contributed by atoms with van der Waals surface area (Å²) < 4.78 is 0. The van der Waals surface area contributed by atoms with E-state index in [1.54, 1.807) is 12.1 Å². The summed E-state index contributed by atoms with van der Waals surface area (Å²) in [5.74, 6) is -4.05. The van der Waals surface area contributed by atoms with Gasteiger partial charge in [-0.1, -0.05) is 12.1 Å². The van der Waals surface area contributed by atoms with Gasteiger partial charge in [0.05, 0.1) is 16.8 Å². The van der Waals surface area contributed by atoms with Crippen LogP contribution in [0.2, 0.25) is 0 Å². The Hall–Kier alpha value is -2.44. The second-order valence-electron chi connectivity index (χ2n) is 5.25. The number of rotatable bonds is 4. The van der Waals surface area contributed by atoms with Crippen molar-refractivity contribution in [3.63, 3.8) is 0 Å². The van der Waals surface area contributed by atoms with Crippen molar-refractivity contribution in [3.8, 4) is 0 Å². The van der Waals surface area contributed by atoms with Crippen molar-refractivity contribution in [2.75, 3.05) is 0 Å². The van der Waals surface area contributed by atoms with Gasteiger partial charge in [-0.3, -0.25) is 19.7 Å². The van der Waals surface area contributed by atoms with E-state index >= 15 is 0 Å². The van der Waals surface area contributed by atoms with Gasteiger partial charge in [0.25, 0.3) is 5.69 Å². The molecule has 0 radical (unpaired) electrons. The molecule has 1 saturated carbocycles. The van der Waals surface area contributed by atoms with Crippen LogP contribution in [0.1, 0.15) is 30.7 Å². The molecular weight excluding hydrogens is 278 g/mol. The maximum atomic E-state index is 11.2. The molecule has 7 heteroatoms. The van der Waals surface area contributed by atoms with Gasteiger partial charge in [-0.15, -0.1) is 0 Å². The van der Waals surface area contributed by atoms with E-state index in [2.05, 4.69) is 0 Å². The molecule has 0 bridgehead atoms. The lowest BCUT2D eigenvalue weighted by Crippen LogP contribution is -2.35. The number of hydrogen-bond acceptors (Lipinski definition) is 4. The SMILES string of the molecule is O=C(O)[C@H]1C[C@H](c2ccc([N+](=O)[O-])cc2)CC[C@H]1C(=O)O. The first-order valence-electron chi connectivity index (χ1n) is 6.60. The standard InChI is InChI=1S/C14H15NO6/c16-13(17)11-6-3-9(7-12(11)14(18)19)8-1-4-10(5-2-8)15(20)21/h1-2,4-5,9,11-12H,3,6-7H2,(H,16,17)(H,18,19)/t9-,11-,12+/m1/s1. The Morgan fingerprint density at radius 3 is 2.10 bits per heavy atom. The number of hydrogen-bond donors (Lipinski definition) is 2. The average Bonchev–Trinajstić information content (AvgIpc) is 2.46. The highest BCUT2D eigenvalue weighted by Crippen LogP contribution is 2.40. The van der Waals surface area contributed by atoms with Gasteiger partial charge in [0.2, 0.25) is 0 Å². The molecule has 7 nitrogen and oxygen atoms in total. The molecule has 112 valence electrons. The Kier molecular flexibility index (Phi) is 4.21. The van der Waals surface area contributed by atoms with E-state index in [0.29, 0.717) is 12.8 Å². The minimum Gasteiger partial charge on any atom is -0.481 e. The lowest BCUT2D eigenvalue weighted by atomic mass is 9.72. The molecule has 1 aromatic carbocycles. The van der Waals surface area contributed by atoms with E-state index in [4.69, 9.17) is 5.11 Å². The molecule has 0 spiro atoms. The van der Waals surface area contributed by atoms with Crippen molar-refractivity contribution < 1.29 is 24.7 Å². The largest absolute Gasteiger partial charge is 0.481 e. The van der Waals surface area contributed by atoms with Crippen molar-refractivity contribution in [2.24, 2.45) is 11.8 Å². The molecule has 0 unspecified atom stereocenters. The summed E-state index contributed by atoms with van der Waals surface area (Å²) >= 11 is 0. The fourth-order valence-corrected chi connectivity index (χ4v) is 2.91. The van der Waals surface area contributed by atoms with Gasteiger partial charge < -0.3 is 10.2 Å². The van der Waals surface area contributed by atoms with Crippen LogP contribution < -0.4 is 0 Å². The first kappa shape index (κ1) is 15.0. The molecular formula is C14H15NO6. The third kappa shape index (κ3) is 3.18. The Labute approximate surface area is 120 Å². The zero-order chi connectivity index (χ0) is 15.6. The summed E-state index contributed by atoms with van der Waals surface area (Å²) in [6.07, 6.45) is 1.11. The predicted molar refractivity (Wildman–Crippen MR) is 71.9 cm³/mol. The fraction of sp³-hybridized carbons (Fsp3) is 0.429. The summed E-state index contributed by atoms with van der Waals surface area (Å²) in [6, 6.07) is 5.99. The van der Waals surface area contributed by atoms with Crippen LogP contribution in [0.5, 0.6) is 0 Å². The van der Waals surface area contributed by atoms with Crippen molar-refractivity contribution >= 4 is 17.6 Å². The van der Waals surface area contributed by atoms with Crippen LogP contribution in [0.3, 0.4) is 0 Å². The molecule has 0 aliphatic heterocycles. The molecule has 1 aliphatic rings. The van der Waals surface area contributed by atoms with Gasteiger partial charge in [-0.05, 0) is 30.7 Å². The summed E-state index contributed by atoms with van der Waals surface area (Å²) in [5.41, 5.74) is 0.795. The molecule has 0 aromatic heterocycles. The Morgan fingerprint density at radius 1 is 1.05 bits per heavy atom. The highest BCUT2D eigenvalue weighted by Gasteiger charge is 2.39. The predicted octanol–water partition coefficient (Wildman–Crippen LogP) is 2.26. The van der Waals surface area contributed by atoms with Crippen molar-refractivity contribution in [1.82, 2.24) is 0 Å². The number of nitrogens with zero attached hydrogens (tertiary/aromatic N) is 1. The second kappa shape index (κ2) is 5.90. The molecule has 0 heterocycles. The number of carboxylic acids is 2. The molecule has 3 atom stereocenters. The number of benzene rings is 1. The molecule has 2 rings (SSSR count). The van der Waals surface area contributed by atoms with Crippen LogP contribution >= 0.6 is 0 Å². The van der Waals surface area contributed by atoms with Crippen LogP contribution in [0, 0.1) is 22.0 Å². The molecule has 21 heavy (non-hydrogen) atoms. The van der Waals surface area contributed by atoms with Crippen molar-refractivity contribution in [2.45, 2.75) is 25.2 Å². The highest BCUT2D eigenvalue weighted by molar-refractivity contribution is 5.80. The Bertz CT molecular complexity index is 567. The number of carbonyl (C=O) groups is 2. The zero-order valence-corrected chi connectivity index (χ0v) is 11.1. The number of nitro groups is 1. The second-order valence-corrected chi connectivity index (χ2v) is 5.25. The monoisotopic (exact) mass is 293 g/mol. The minimum atomic E-state index is -1.10. The summed E-state index contributed by atoms with van der Waals surface area (Å²) in [5, 5.41) is 28.9. The highest BCUT2D eigenvalue weighted by atomic mass is 16.6. The van der Waals surface area contributed by atoms with Crippen molar-refractivity contribution in [3.05, 3.63) is 39.9 Å². The first-order chi connectivity index (χ1) is 9.90. The molecule has 1 aromatic rings. The van der Waals surface area contributed by atoms with Gasteiger partial charge >= 0.3 is 11.9 Å².